The van der Waals surface area contributed by atoms with Crippen molar-refractivity contribution in [2.24, 2.45) is 4.99 Å². The minimum atomic E-state index is 0.0870. The Bertz CT molecular complexity index is 1120. The van der Waals surface area contributed by atoms with E-state index in [0.29, 0.717) is 5.71 Å². The van der Waals surface area contributed by atoms with Crippen molar-refractivity contribution in [2.45, 2.75) is 33.9 Å². The summed E-state index contributed by atoms with van der Waals surface area (Å²) in [5, 5.41) is 2.10. The number of benzene rings is 1. The number of likely N-dealkylation sites (N-methyl/N-ethyl adjacent to an activating group) is 1. The van der Waals surface area contributed by atoms with Gasteiger partial charge in [-0.2, -0.15) is 0 Å². The van der Waals surface area contributed by atoms with Crippen LogP contribution in [0.25, 0.3) is 22.1 Å². The van der Waals surface area contributed by atoms with Gasteiger partial charge in [-0.25, -0.2) is 9.98 Å². The Kier molecular flexibility index (Phi) is 4.02. The summed E-state index contributed by atoms with van der Waals surface area (Å²) in [6.07, 6.45) is 4.18. The molecule has 0 aliphatic carbocycles. The van der Waals surface area contributed by atoms with Gasteiger partial charge in [-0.3, -0.25) is 0 Å². The third kappa shape index (κ3) is 2.46. The van der Waals surface area contributed by atoms with Crippen molar-refractivity contribution in [1.82, 2.24) is 9.88 Å². The van der Waals surface area contributed by atoms with Crippen LogP contribution < -0.4 is 4.90 Å². The lowest BCUT2D eigenvalue weighted by atomic mass is 10.1. The van der Waals surface area contributed by atoms with E-state index in [-0.39, 0.29) is 6.17 Å². The average molecular weight is 360 g/mol. The van der Waals surface area contributed by atoms with Crippen LogP contribution in [0.2, 0.25) is 0 Å². The number of rotatable bonds is 3. The second-order valence-electron chi connectivity index (χ2n) is 6.99. The molecule has 0 amide bonds. The number of hydrogen-bond donors (Lipinski definition) is 0. The Hall–Kier alpha value is -3.08. The van der Waals surface area contributed by atoms with Crippen molar-refractivity contribution in [1.29, 1.82) is 0 Å². The topological polar surface area (TPSA) is 44.9 Å². The standard InChI is InChI=1S/C22H24N4O/c1-7-8-18-21(23-5)26(15(4)25(18)6)19-13(2)9-11-16-17-12-10-14(3)24-22(17)27-20(16)19/h7-12,15H,5H2,1-4,6H3/b8-7-/t15-/m0/s1. The Labute approximate surface area is 159 Å². The van der Waals surface area contributed by atoms with Gasteiger partial charge in [0, 0.05) is 23.5 Å². The predicted molar refractivity (Wildman–Crippen MR) is 112 cm³/mol. The number of aromatic nitrogens is 1. The molecule has 0 fully saturated rings. The van der Waals surface area contributed by atoms with Gasteiger partial charge < -0.3 is 14.2 Å². The van der Waals surface area contributed by atoms with Crippen LogP contribution in [0.5, 0.6) is 0 Å². The zero-order chi connectivity index (χ0) is 19.3. The molecule has 138 valence electrons. The summed E-state index contributed by atoms with van der Waals surface area (Å²) in [6, 6.07) is 8.34. The lowest BCUT2D eigenvalue weighted by molar-refractivity contribution is 0.365. The van der Waals surface area contributed by atoms with E-state index in [9.17, 15) is 0 Å². The Morgan fingerprint density at radius 3 is 2.63 bits per heavy atom. The number of pyridine rings is 1. The van der Waals surface area contributed by atoms with Crippen molar-refractivity contribution in [3.8, 4) is 0 Å². The molecule has 0 N–H and O–H groups in total. The van der Waals surface area contributed by atoms with E-state index in [1.165, 1.54) is 0 Å². The van der Waals surface area contributed by atoms with E-state index < -0.39 is 0 Å². The van der Waals surface area contributed by atoms with Crippen LogP contribution in [-0.4, -0.2) is 29.8 Å². The number of anilines is 1. The molecule has 0 radical (unpaired) electrons. The van der Waals surface area contributed by atoms with E-state index in [2.05, 4.69) is 71.7 Å². The summed E-state index contributed by atoms with van der Waals surface area (Å²) < 4.78 is 6.26. The number of furan rings is 1. The van der Waals surface area contributed by atoms with Crippen LogP contribution >= 0.6 is 0 Å². The molecular weight excluding hydrogens is 336 g/mol. The lowest BCUT2D eigenvalue weighted by Crippen LogP contribution is -2.36. The van der Waals surface area contributed by atoms with Crippen molar-refractivity contribution in [3.63, 3.8) is 0 Å². The first-order valence-corrected chi connectivity index (χ1v) is 9.13. The van der Waals surface area contributed by atoms with Crippen LogP contribution in [0, 0.1) is 13.8 Å². The molecule has 0 saturated heterocycles. The van der Waals surface area contributed by atoms with Crippen molar-refractivity contribution < 1.29 is 4.42 Å². The first kappa shape index (κ1) is 17.3. The number of nitrogens with zero attached hydrogens (tertiary/aromatic N) is 4. The monoisotopic (exact) mass is 360 g/mol. The van der Waals surface area contributed by atoms with Crippen LogP contribution in [0.3, 0.4) is 0 Å². The minimum absolute atomic E-state index is 0.0870. The molecule has 0 bridgehead atoms. The fourth-order valence-electron chi connectivity index (χ4n) is 3.83. The quantitative estimate of drug-likeness (QED) is 0.607. The number of aliphatic imine (C=N–C) groups is 1. The largest absolute Gasteiger partial charge is 0.435 e. The summed E-state index contributed by atoms with van der Waals surface area (Å²) in [5.41, 5.74) is 5.64. The van der Waals surface area contributed by atoms with Gasteiger partial charge in [0.05, 0.1) is 11.4 Å². The third-order valence-electron chi connectivity index (χ3n) is 5.31. The zero-order valence-electron chi connectivity index (χ0n) is 16.4. The molecule has 1 aliphatic rings. The van der Waals surface area contributed by atoms with Gasteiger partial charge in [0.2, 0.25) is 5.71 Å². The fourth-order valence-corrected chi connectivity index (χ4v) is 3.83. The van der Waals surface area contributed by atoms with Gasteiger partial charge in [0.25, 0.3) is 0 Å². The number of hydrogen-bond acceptors (Lipinski definition) is 5. The highest BCUT2D eigenvalue weighted by molar-refractivity contribution is 6.09. The highest BCUT2D eigenvalue weighted by Crippen LogP contribution is 2.42. The van der Waals surface area contributed by atoms with Gasteiger partial charge in [0.15, 0.2) is 11.4 Å². The highest BCUT2D eigenvalue weighted by Gasteiger charge is 2.35. The van der Waals surface area contributed by atoms with E-state index in [1.807, 2.05) is 26.0 Å². The van der Waals surface area contributed by atoms with Gasteiger partial charge in [-0.15, -0.1) is 0 Å². The van der Waals surface area contributed by atoms with Crippen LogP contribution in [0.4, 0.5) is 5.69 Å². The normalized spacial score (nSPS) is 17.9. The molecule has 0 spiro atoms. The van der Waals surface area contributed by atoms with Crippen LogP contribution in [0.1, 0.15) is 25.1 Å². The first-order chi connectivity index (χ1) is 13.0. The summed E-state index contributed by atoms with van der Waals surface area (Å²) in [5.74, 6) is 0.836. The number of aryl methyl sites for hydroxylation is 2. The van der Waals surface area contributed by atoms with E-state index in [4.69, 9.17) is 4.42 Å². The second-order valence-corrected chi connectivity index (χ2v) is 6.99. The molecule has 27 heavy (non-hydrogen) atoms. The molecule has 5 heteroatoms. The molecule has 0 saturated carbocycles. The molecular formula is C22H24N4O. The SMILES string of the molecule is C=NC1=C(/C=C\C)N(C)[C@H](C)N1c1c(C)ccc2c1oc1nc(C)ccc12. The molecule has 5 nitrogen and oxygen atoms in total. The number of fused-ring (bicyclic) bond motifs is 3. The van der Waals surface area contributed by atoms with Crippen molar-refractivity contribution >= 4 is 34.5 Å². The average Bonchev–Trinajstić information content (AvgIpc) is 3.11. The highest BCUT2D eigenvalue weighted by atomic mass is 16.3. The van der Waals surface area contributed by atoms with E-state index >= 15 is 0 Å². The maximum absolute atomic E-state index is 6.26. The first-order valence-electron chi connectivity index (χ1n) is 9.13. The third-order valence-corrected chi connectivity index (χ3v) is 5.31. The van der Waals surface area contributed by atoms with Gasteiger partial charge in [-0.1, -0.05) is 18.2 Å². The fraction of sp³-hybridized carbons (Fsp3) is 0.273. The van der Waals surface area contributed by atoms with Crippen LogP contribution in [-0.2, 0) is 0 Å². The van der Waals surface area contributed by atoms with Gasteiger partial charge >= 0.3 is 0 Å². The number of allylic oxidation sites excluding steroid dienone is 2. The molecule has 0 unspecified atom stereocenters. The maximum atomic E-state index is 6.26. The second kappa shape index (κ2) is 6.27. The molecule has 4 rings (SSSR count). The molecule has 1 atom stereocenters. The molecule has 1 aromatic carbocycles. The van der Waals surface area contributed by atoms with Crippen molar-refractivity contribution in [2.75, 3.05) is 11.9 Å². The van der Waals surface area contributed by atoms with E-state index in [1.54, 1.807) is 0 Å². The molecule has 1 aliphatic heterocycles. The Morgan fingerprint density at radius 1 is 1.19 bits per heavy atom. The maximum Gasteiger partial charge on any atom is 0.227 e. The lowest BCUT2D eigenvalue weighted by Gasteiger charge is -2.29. The molecule has 3 heterocycles. The Morgan fingerprint density at radius 2 is 1.93 bits per heavy atom. The van der Waals surface area contributed by atoms with Crippen LogP contribution in [0.15, 0.2) is 57.3 Å². The van der Waals surface area contributed by atoms with Gasteiger partial charge in [0.1, 0.15) is 6.17 Å². The summed E-state index contributed by atoms with van der Waals surface area (Å²) in [4.78, 5) is 13.3. The summed E-state index contributed by atoms with van der Waals surface area (Å²) in [7, 11) is 2.07. The Balaban J connectivity index is 2.04. The zero-order valence-corrected chi connectivity index (χ0v) is 16.4. The molecule has 2 aromatic heterocycles. The summed E-state index contributed by atoms with van der Waals surface area (Å²) in [6.45, 7) is 12.1. The molecule has 3 aromatic rings. The predicted octanol–water partition coefficient (Wildman–Crippen LogP) is 5.14. The van der Waals surface area contributed by atoms with Crippen molar-refractivity contribution in [3.05, 3.63) is 59.2 Å². The van der Waals surface area contributed by atoms with E-state index in [0.717, 1.165) is 44.8 Å². The van der Waals surface area contributed by atoms with Gasteiger partial charge in [-0.05, 0) is 58.2 Å². The summed E-state index contributed by atoms with van der Waals surface area (Å²) >= 11 is 0. The smallest absolute Gasteiger partial charge is 0.227 e. The minimum Gasteiger partial charge on any atom is -0.435 e.